The number of thiazole rings is 1. The first kappa shape index (κ1) is 20.8. The zero-order valence-corrected chi connectivity index (χ0v) is 17.4. The molecule has 9 heteroatoms. The fourth-order valence-electron chi connectivity index (χ4n) is 2.55. The van der Waals surface area contributed by atoms with Crippen LogP contribution >= 0.6 is 11.3 Å². The molecule has 0 bridgehead atoms. The predicted molar refractivity (Wildman–Crippen MR) is 114 cm³/mol. The number of hydrogen-bond donors (Lipinski definition) is 2. The number of carbonyl (C=O) groups is 1. The molecule has 0 unspecified atom stereocenters. The van der Waals surface area contributed by atoms with Gasteiger partial charge < -0.3 is 10.1 Å². The molecule has 3 aromatic rings. The Morgan fingerprint density at radius 2 is 1.83 bits per heavy atom. The highest BCUT2D eigenvalue weighted by atomic mass is 32.2. The van der Waals surface area contributed by atoms with Gasteiger partial charge in [-0.15, -0.1) is 11.3 Å². The molecular formula is C20H21N3O4S2. The first-order valence-corrected chi connectivity index (χ1v) is 11.4. The Labute approximate surface area is 173 Å². The quantitative estimate of drug-likeness (QED) is 0.535. The van der Waals surface area contributed by atoms with E-state index in [1.165, 1.54) is 23.5 Å². The van der Waals surface area contributed by atoms with Gasteiger partial charge in [0, 0.05) is 11.8 Å². The highest BCUT2D eigenvalue weighted by Gasteiger charge is 2.16. The zero-order chi connectivity index (χ0) is 20.7. The molecule has 152 valence electrons. The number of ether oxygens (including phenoxy) is 1. The van der Waals surface area contributed by atoms with E-state index >= 15 is 0 Å². The average molecular weight is 432 g/mol. The molecule has 2 aromatic carbocycles. The van der Waals surface area contributed by atoms with Crippen LogP contribution in [0, 0.1) is 0 Å². The van der Waals surface area contributed by atoms with E-state index in [2.05, 4.69) is 15.0 Å². The summed E-state index contributed by atoms with van der Waals surface area (Å²) in [6.07, 6.45) is 0.612. The maximum atomic E-state index is 12.3. The van der Waals surface area contributed by atoms with Crippen LogP contribution in [-0.2, 0) is 21.2 Å². The lowest BCUT2D eigenvalue weighted by atomic mass is 10.2. The monoisotopic (exact) mass is 431 g/mol. The van der Waals surface area contributed by atoms with E-state index in [-0.39, 0.29) is 22.4 Å². The Kier molecular flexibility index (Phi) is 6.84. The van der Waals surface area contributed by atoms with Crippen LogP contribution in [-0.4, -0.2) is 25.9 Å². The molecule has 2 N–H and O–H groups in total. The van der Waals surface area contributed by atoms with Crippen molar-refractivity contribution in [1.82, 2.24) is 4.98 Å². The van der Waals surface area contributed by atoms with E-state index in [9.17, 15) is 13.2 Å². The van der Waals surface area contributed by atoms with Gasteiger partial charge in [-0.2, -0.15) is 0 Å². The van der Waals surface area contributed by atoms with E-state index in [4.69, 9.17) is 4.74 Å². The first-order valence-electron chi connectivity index (χ1n) is 9.02. The van der Waals surface area contributed by atoms with Gasteiger partial charge in [-0.3, -0.25) is 9.52 Å². The summed E-state index contributed by atoms with van der Waals surface area (Å²) in [6, 6.07) is 15.3. The summed E-state index contributed by atoms with van der Waals surface area (Å²) in [5.74, 6) is 0.450. The average Bonchev–Trinajstić information content (AvgIpc) is 3.15. The zero-order valence-electron chi connectivity index (χ0n) is 15.8. The van der Waals surface area contributed by atoms with E-state index in [0.717, 1.165) is 0 Å². The maximum absolute atomic E-state index is 12.3. The maximum Gasteiger partial charge on any atom is 0.263 e. The molecule has 0 saturated carbocycles. The Bertz CT molecular complexity index is 1070. The summed E-state index contributed by atoms with van der Waals surface area (Å²) in [7, 11) is -3.68. The predicted octanol–water partition coefficient (Wildman–Crippen LogP) is 3.91. The van der Waals surface area contributed by atoms with E-state index < -0.39 is 10.0 Å². The molecule has 0 radical (unpaired) electrons. The summed E-state index contributed by atoms with van der Waals surface area (Å²) in [5.41, 5.74) is 1.27. The SMILES string of the molecule is CCOc1ccccc1NC(=O)CCc1csc(NS(=O)(=O)c2ccccc2)n1. The van der Waals surface area contributed by atoms with Crippen molar-refractivity contribution in [3.8, 4) is 5.75 Å². The fourth-order valence-corrected chi connectivity index (χ4v) is 4.57. The van der Waals surface area contributed by atoms with Crippen LogP contribution in [0.1, 0.15) is 19.0 Å². The number of hydrogen-bond acceptors (Lipinski definition) is 6. The second kappa shape index (κ2) is 9.53. The standard InChI is InChI=1S/C20H21N3O4S2/c1-2-27-18-11-7-6-10-17(18)22-19(24)13-12-15-14-28-20(21-15)23-29(25,26)16-8-4-3-5-9-16/h3-11,14H,2,12-13H2,1H3,(H,21,23)(H,22,24). The van der Waals surface area contributed by atoms with Gasteiger partial charge in [0.2, 0.25) is 5.91 Å². The molecule has 0 aliphatic carbocycles. The minimum Gasteiger partial charge on any atom is -0.492 e. The van der Waals surface area contributed by atoms with Crippen LogP contribution in [0.3, 0.4) is 0 Å². The minimum atomic E-state index is -3.68. The third-order valence-electron chi connectivity index (χ3n) is 3.90. The molecule has 0 atom stereocenters. The number of sulfonamides is 1. The van der Waals surface area contributed by atoms with Gasteiger partial charge in [0.25, 0.3) is 10.0 Å². The van der Waals surface area contributed by atoms with E-state index in [1.54, 1.807) is 35.7 Å². The van der Waals surface area contributed by atoms with Crippen LogP contribution in [0.15, 0.2) is 64.9 Å². The number of nitrogens with zero attached hydrogens (tertiary/aromatic N) is 1. The van der Waals surface area contributed by atoms with Crippen molar-refractivity contribution in [2.45, 2.75) is 24.7 Å². The molecule has 0 aliphatic heterocycles. The summed E-state index contributed by atoms with van der Waals surface area (Å²) in [5, 5.41) is 4.84. The molecule has 0 spiro atoms. The molecule has 3 rings (SSSR count). The Morgan fingerprint density at radius 1 is 1.10 bits per heavy atom. The molecule has 29 heavy (non-hydrogen) atoms. The van der Waals surface area contributed by atoms with Gasteiger partial charge >= 0.3 is 0 Å². The Balaban J connectivity index is 1.56. The molecular weight excluding hydrogens is 410 g/mol. The van der Waals surface area contributed by atoms with E-state index in [0.29, 0.717) is 30.2 Å². The largest absolute Gasteiger partial charge is 0.492 e. The van der Waals surface area contributed by atoms with Crippen molar-refractivity contribution >= 4 is 38.1 Å². The lowest BCUT2D eigenvalue weighted by molar-refractivity contribution is -0.116. The number of carbonyl (C=O) groups excluding carboxylic acids is 1. The fraction of sp³-hybridized carbons (Fsp3) is 0.200. The molecule has 1 amide bonds. The number of rotatable bonds is 9. The number of nitrogens with one attached hydrogen (secondary N) is 2. The van der Waals surface area contributed by atoms with Crippen molar-refractivity contribution < 1.29 is 17.9 Å². The van der Waals surface area contributed by atoms with Gasteiger partial charge in [0.15, 0.2) is 5.13 Å². The smallest absolute Gasteiger partial charge is 0.263 e. The number of aromatic nitrogens is 1. The molecule has 0 saturated heterocycles. The number of aryl methyl sites for hydroxylation is 1. The van der Waals surface area contributed by atoms with Crippen molar-refractivity contribution in [2.75, 3.05) is 16.6 Å². The van der Waals surface area contributed by atoms with Crippen molar-refractivity contribution in [2.24, 2.45) is 0 Å². The summed E-state index contributed by atoms with van der Waals surface area (Å²) in [6.45, 7) is 2.39. The normalized spacial score (nSPS) is 11.1. The second-order valence-corrected chi connectivity index (χ2v) is 8.58. The number of anilines is 2. The highest BCUT2D eigenvalue weighted by molar-refractivity contribution is 7.93. The molecule has 7 nitrogen and oxygen atoms in total. The molecule has 0 fully saturated rings. The second-order valence-electron chi connectivity index (χ2n) is 6.04. The lowest BCUT2D eigenvalue weighted by Gasteiger charge is -2.10. The molecule has 0 aliphatic rings. The summed E-state index contributed by atoms with van der Waals surface area (Å²) >= 11 is 1.18. The van der Waals surface area contributed by atoms with Crippen LogP contribution in [0.2, 0.25) is 0 Å². The third kappa shape index (κ3) is 5.78. The van der Waals surface area contributed by atoms with Crippen molar-refractivity contribution in [3.05, 3.63) is 65.7 Å². The van der Waals surface area contributed by atoms with E-state index in [1.807, 2.05) is 19.1 Å². The molecule has 1 aromatic heterocycles. The number of amides is 1. The van der Waals surface area contributed by atoms with Crippen molar-refractivity contribution in [3.63, 3.8) is 0 Å². The number of para-hydroxylation sites is 2. The Morgan fingerprint density at radius 3 is 2.59 bits per heavy atom. The summed E-state index contributed by atoms with van der Waals surface area (Å²) in [4.78, 5) is 16.7. The highest BCUT2D eigenvalue weighted by Crippen LogP contribution is 2.24. The number of benzene rings is 2. The minimum absolute atomic E-state index is 0.170. The van der Waals surface area contributed by atoms with Crippen LogP contribution in [0.25, 0.3) is 0 Å². The van der Waals surface area contributed by atoms with Crippen LogP contribution in [0.4, 0.5) is 10.8 Å². The van der Waals surface area contributed by atoms with Gasteiger partial charge in [-0.05, 0) is 37.6 Å². The Hall–Kier alpha value is -2.91. The van der Waals surface area contributed by atoms with Gasteiger partial charge in [-0.25, -0.2) is 13.4 Å². The van der Waals surface area contributed by atoms with Gasteiger partial charge in [-0.1, -0.05) is 30.3 Å². The third-order valence-corrected chi connectivity index (χ3v) is 6.19. The topological polar surface area (TPSA) is 97.4 Å². The van der Waals surface area contributed by atoms with Gasteiger partial charge in [0.05, 0.1) is 22.9 Å². The van der Waals surface area contributed by atoms with Gasteiger partial charge in [0.1, 0.15) is 5.75 Å². The summed E-state index contributed by atoms with van der Waals surface area (Å²) < 4.78 is 32.7. The lowest BCUT2D eigenvalue weighted by Crippen LogP contribution is -2.14. The van der Waals surface area contributed by atoms with Crippen molar-refractivity contribution in [1.29, 1.82) is 0 Å². The van der Waals surface area contributed by atoms with Crippen LogP contribution < -0.4 is 14.8 Å². The first-order chi connectivity index (χ1) is 14.0. The van der Waals surface area contributed by atoms with Crippen LogP contribution in [0.5, 0.6) is 5.75 Å². The molecule has 1 heterocycles.